The van der Waals surface area contributed by atoms with E-state index >= 15 is 0 Å². The third kappa shape index (κ3) is 0.783. The number of rotatable bonds is 0. The molecule has 2 heterocycles. The van der Waals surface area contributed by atoms with Gasteiger partial charge in [-0.15, -0.1) is 0 Å². The van der Waals surface area contributed by atoms with Crippen LogP contribution in [-0.4, -0.2) is 9.97 Å². The molecule has 6 N–H and O–H groups in total. The van der Waals surface area contributed by atoms with Crippen molar-refractivity contribution in [3.63, 3.8) is 0 Å². The van der Waals surface area contributed by atoms with Gasteiger partial charge in [-0.25, -0.2) is 20.9 Å². The van der Waals surface area contributed by atoms with Crippen LogP contribution in [0.4, 0.5) is 23.3 Å². The van der Waals surface area contributed by atoms with Gasteiger partial charge in [0, 0.05) is 0 Å². The highest BCUT2D eigenvalue weighted by Gasteiger charge is 2.15. The van der Waals surface area contributed by atoms with E-state index in [9.17, 15) is 0 Å². The molecule has 0 aromatic carbocycles. The predicted octanol–water partition coefficient (Wildman–Crippen LogP) is -0.675. The lowest BCUT2D eigenvalue weighted by Gasteiger charge is -1.98. The molecule has 0 amide bonds. The van der Waals surface area contributed by atoms with Gasteiger partial charge in [0.2, 0.25) is 0 Å². The smallest absolute Gasteiger partial charge is 0.199 e. The Morgan fingerprint density at radius 2 is 1.45 bits per heavy atom. The van der Waals surface area contributed by atoms with Crippen LogP contribution in [0, 0.1) is 0 Å². The maximum atomic E-state index is 5.37. The largest absolute Gasteiger partial charge is 0.381 e. The highest BCUT2D eigenvalue weighted by atomic mass is 16.8. The van der Waals surface area contributed by atoms with Gasteiger partial charge in [0.05, 0.1) is 0 Å². The molecule has 0 atom stereocenters. The zero-order chi connectivity index (χ0) is 7.84. The van der Waals surface area contributed by atoms with E-state index in [1.54, 1.807) is 0 Å². The summed E-state index contributed by atoms with van der Waals surface area (Å²) in [6.45, 7) is 0. The van der Waals surface area contributed by atoms with E-state index in [1.807, 2.05) is 0 Å². The Kier molecular flexibility index (Phi) is 1.01. The highest BCUT2D eigenvalue weighted by Crippen LogP contribution is 2.24. The van der Waals surface area contributed by atoms with Crippen molar-refractivity contribution in [1.82, 2.24) is 9.97 Å². The molecule has 58 valence electrons. The van der Waals surface area contributed by atoms with E-state index in [4.69, 9.17) is 11.5 Å². The predicted molar refractivity (Wildman–Crippen MR) is 39.2 cm³/mol. The van der Waals surface area contributed by atoms with Crippen molar-refractivity contribution in [2.24, 2.45) is 0 Å². The molecule has 1 aliphatic rings. The molecule has 0 spiro atoms. The summed E-state index contributed by atoms with van der Waals surface area (Å²) in [7, 11) is 0. The van der Waals surface area contributed by atoms with Crippen molar-refractivity contribution in [2.75, 3.05) is 22.4 Å². The van der Waals surface area contributed by atoms with E-state index in [1.165, 1.54) is 0 Å². The van der Waals surface area contributed by atoms with Crippen LogP contribution in [0.1, 0.15) is 0 Å². The quantitative estimate of drug-likeness (QED) is 0.392. The van der Waals surface area contributed by atoms with Crippen LogP contribution < -0.4 is 22.4 Å². The highest BCUT2D eigenvalue weighted by molar-refractivity contribution is 5.68. The lowest BCUT2D eigenvalue weighted by Crippen LogP contribution is -2.02. The van der Waals surface area contributed by atoms with Crippen LogP contribution in [0.5, 0.6) is 0 Å². The average Bonchev–Trinajstić information content (AvgIpc) is 2.36. The Morgan fingerprint density at radius 3 is 1.91 bits per heavy atom. The van der Waals surface area contributed by atoms with Gasteiger partial charge in [-0.1, -0.05) is 0 Å². The molecule has 0 aliphatic carbocycles. The number of hydrogen-bond acceptors (Lipinski definition) is 7. The molecule has 11 heavy (non-hydrogen) atoms. The number of hydrogen-bond donors (Lipinski definition) is 4. The van der Waals surface area contributed by atoms with Gasteiger partial charge in [0.25, 0.3) is 0 Å². The number of nitrogens with one attached hydrogen (secondary N) is 2. The van der Waals surface area contributed by atoms with Crippen molar-refractivity contribution in [2.45, 2.75) is 0 Å². The summed E-state index contributed by atoms with van der Waals surface area (Å²) < 4.78 is 0. The van der Waals surface area contributed by atoms with Crippen molar-refractivity contribution in [3.05, 3.63) is 0 Å². The van der Waals surface area contributed by atoms with Gasteiger partial charge in [-0.05, 0) is 0 Å². The SMILES string of the molecule is Nc1nc2c(nc1N)NON2. The topological polar surface area (TPSA) is 111 Å². The number of fused-ring (bicyclic) bond motifs is 1. The van der Waals surface area contributed by atoms with Crippen molar-refractivity contribution in [3.8, 4) is 0 Å². The van der Waals surface area contributed by atoms with Crippen molar-refractivity contribution >= 4 is 23.3 Å². The lowest BCUT2D eigenvalue weighted by atomic mass is 10.5. The maximum Gasteiger partial charge on any atom is 0.199 e. The fraction of sp³-hybridized carbons (Fsp3) is 0. The summed E-state index contributed by atoms with van der Waals surface area (Å²) in [5.41, 5.74) is 15.6. The molecule has 0 radical (unpaired) electrons. The zero-order valence-corrected chi connectivity index (χ0v) is 5.46. The normalized spacial score (nSPS) is 13.5. The first-order chi connectivity index (χ1) is 5.27. The Hall–Kier alpha value is -1.76. The van der Waals surface area contributed by atoms with Crippen LogP contribution in [0.3, 0.4) is 0 Å². The van der Waals surface area contributed by atoms with Crippen LogP contribution in [0.2, 0.25) is 0 Å². The Balaban J connectivity index is 2.57. The van der Waals surface area contributed by atoms with Crippen LogP contribution >= 0.6 is 0 Å². The zero-order valence-electron chi connectivity index (χ0n) is 5.46. The van der Waals surface area contributed by atoms with Crippen molar-refractivity contribution in [1.29, 1.82) is 0 Å². The third-order valence-corrected chi connectivity index (χ3v) is 1.25. The summed E-state index contributed by atoms with van der Waals surface area (Å²) in [4.78, 5) is 12.3. The molecular formula is C4H6N6O. The van der Waals surface area contributed by atoms with E-state index in [-0.39, 0.29) is 11.6 Å². The van der Waals surface area contributed by atoms with Crippen LogP contribution in [0.15, 0.2) is 0 Å². The fourth-order valence-corrected chi connectivity index (χ4v) is 0.726. The van der Waals surface area contributed by atoms with Crippen LogP contribution in [-0.2, 0) is 4.94 Å². The van der Waals surface area contributed by atoms with E-state index in [0.29, 0.717) is 11.6 Å². The second kappa shape index (κ2) is 1.86. The summed E-state index contributed by atoms with van der Waals surface area (Å²) >= 11 is 0. The molecule has 1 aromatic heterocycles. The molecule has 1 aliphatic heterocycles. The van der Waals surface area contributed by atoms with Gasteiger partial charge in [0.15, 0.2) is 23.3 Å². The Morgan fingerprint density at radius 1 is 1.00 bits per heavy atom. The molecule has 7 nitrogen and oxygen atoms in total. The molecule has 0 bridgehead atoms. The van der Waals surface area contributed by atoms with Crippen molar-refractivity contribution < 1.29 is 4.94 Å². The number of nitrogens with two attached hydrogens (primary N) is 2. The minimum absolute atomic E-state index is 0.184. The van der Waals surface area contributed by atoms with E-state index in [0.717, 1.165) is 0 Å². The summed E-state index contributed by atoms with van der Waals surface area (Å²) in [5.74, 6) is 1.25. The first-order valence-corrected chi connectivity index (χ1v) is 2.88. The second-order valence-electron chi connectivity index (χ2n) is 2.00. The fourth-order valence-electron chi connectivity index (χ4n) is 0.726. The molecule has 0 fully saturated rings. The third-order valence-electron chi connectivity index (χ3n) is 1.25. The van der Waals surface area contributed by atoms with Gasteiger partial charge in [-0.3, -0.25) is 0 Å². The average molecular weight is 154 g/mol. The number of aromatic nitrogens is 2. The van der Waals surface area contributed by atoms with Gasteiger partial charge < -0.3 is 11.5 Å². The molecular weight excluding hydrogens is 148 g/mol. The first-order valence-electron chi connectivity index (χ1n) is 2.88. The number of anilines is 4. The molecule has 0 unspecified atom stereocenters. The molecule has 7 heteroatoms. The summed E-state index contributed by atoms with van der Waals surface area (Å²) in [6.07, 6.45) is 0. The van der Waals surface area contributed by atoms with Gasteiger partial charge in [-0.2, -0.15) is 4.94 Å². The minimum Gasteiger partial charge on any atom is -0.381 e. The Bertz CT molecular complexity index is 270. The molecule has 0 saturated carbocycles. The van der Waals surface area contributed by atoms with Gasteiger partial charge in [0.1, 0.15) is 0 Å². The molecule has 1 aromatic rings. The molecule has 2 rings (SSSR count). The second-order valence-corrected chi connectivity index (χ2v) is 2.00. The lowest BCUT2D eigenvalue weighted by molar-refractivity contribution is 0.280. The van der Waals surface area contributed by atoms with E-state index in [2.05, 4.69) is 25.9 Å². The first kappa shape index (κ1) is 5.98. The summed E-state index contributed by atoms with van der Waals surface area (Å²) in [5, 5.41) is 0. The maximum absolute atomic E-state index is 5.37. The van der Waals surface area contributed by atoms with Gasteiger partial charge >= 0.3 is 0 Å². The molecule has 0 saturated heterocycles. The Labute approximate surface area is 61.7 Å². The summed E-state index contributed by atoms with van der Waals surface area (Å²) in [6, 6.07) is 0. The number of nitrogens with zero attached hydrogens (tertiary/aromatic N) is 2. The van der Waals surface area contributed by atoms with E-state index < -0.39 is 0 Å². The van der Waals surface area contributed by atoms with Crippen LogP contribution in [0.25, 0.3) is 0 Å². The number of nitrogen functional groups attached to an aromatic ring is 2. The monoisotopic (exact) mass is 154 g/mol. The standard InChI is InChI=1S/C4H6N6O/c5-1-2(6)8-4-3(7-1)9-11-10-4/h(H3,5,7,9)(H3,6,8,10). The minimum atomic E-state index is 0.184.